The maximum absolute atomic E-state index is 11.7. The fourth-order valence-corrected chi connectivity index (χ4v) is 2.43. The maximum Gasteiger partial charge on any atom is 0.173 e. The van der Waals surface area contributed by atoms with Gasteiger partial charge in [0, 0.05) is 19.6 Å². The van der Waals surface area contributed by atoms with Crippen LogP contribution in [-0.4, -0.2) is 19.0 Å². The quantitative estimate of drug-likeness (QED) is 0.717. The van der Waals surface area contributed by atoms with Crippen LogP contribution in [0.1, 0.15) is 28.9 Å². The first-order valence-electron chi connectivity index (χ1n) is 5.00. The second-order valence-corrected chi connectivity index (χ2v) is 4.61. The number of hydrogen-bond donors (Lipinski definition) is 0. The number of ketones is 1. The Morgan fingerprint density at radius 3 is 2.93 bits per heavy atom. The molecule has 0 amide bonds. The molecule has 0 atom stereocenters. The third-order valence-corrected chi connectivity index (χ3v) is 3.52. The molecule has 2 heterocycles. The summed E-state index contributed by atoms with van der Waals surface area (Å²) in [6.45, 7) is 1.64. The van der Waals surface area contributed by atoms with Crippen molar-refractivity contribution in [2.45, 2.75) is 19.3 Å². The molecule has 1 aromatic heterocycles. The van der Waals surface area contributed by atoms with Gasteiger partial charge < -0.3 is 4.74 Å². The third-order valence-electron chi connectivity index (χ3n) is 2.61. The van der Waals surface area contributed by atoms with Gasteiger partial charge in [-0.1, -0.05) is 6.07 Å². The van der Waals surface area contributed by atoms with Crippen molar-refractivity contribution in [2.24, 2.45) is 5.92 Å². The Labute approximate surface area is 87.9 Å². The molecule has 0 unspecified atom stereocenters. The van der Waals surface area contributed by atoms with Gasteiger partial charge in [-0.15, -0.1) is 11.3 Å². The zero-order valence-corrected chi connectivity index (χ0v) is 8.89. The zero-order valence-electron chi connectivity index (χ0n) is 8.07. The molecular formula is C11H14O2S. The van der Waals surface area contributed by atoms with E-state index in [1.165, 1.54) is 11.3 Å². The Morgan fingerprint density at radius 1 is 1.50 bits per heavy atom. The molecule has 2 nitrogen and oxygen atoms in total. The fraction of sp³-hybridized carbons (Fsp3) is 0.545. The summed E-state index contributed by atoms with van der Waals surface area (Å²) in [5.41, 5.74) is 0. The summed E-state index contributed by atoms with van der Waals surface area (Å²) in [4.78, 5) is 12.6. The van der Waals surface area contributed by atoms with Crippen LogP contribution in [0, 0.1) is 5.92 Å². The molecule has 1 aliphatic heterocycles. The predicted molar refractivity (Wildman–Crippen MR) is 56.8 cm³/mol. The normalized spacial score (nSPS) is 18.3. The number of carbonyl (C=O) groups is 1. The van der Waals surface area contributed by atoms with Crippen LogP contribution in [0.2, 0.25) is 0 Å². The first-order chi connectivity index (χ1) is 6.86. The van der Waals surface area contributed by atoms with Crippen LogP contribution in [0.5, 0.6) is 0 Å². The average molecular weight is 210 g/mol. The summed E-state index contributed by atoms with van der Waals surface area (Å²) in [5.74, 6) is 0.838. The smallest absolute Gasteiger partial charge is 0.173 e. The lowest BCUT2D eigenvalue weighted by Crippen LogP contribution is -2.18. The van der Waals surface area contributed by atoms with Crippen molar-refractivity contribution in [3.63, 3.8) is 0 Å². The van der Waals surface area contributed by atoms with Gasteiger partial charge in [0.15, 0.2) is 5.78 Å². The number of ether oxygens (including phenoxy) is 1. The van der Waals surface area contributed by atoms with Crippen LogP contribution in [0.3, 0.4) is 0 Å². The summed E-state index contributed by atoms with van der Waals surface area (Å²) in [6.07, 6.45) is 2.78. The van der Waals surface area contributed by atoms with Gasteiger partial charge in [-0.3, -0.25) is 4.79 Å². The van der Waals surface area contributed by atoms with E-state index in [0.29, 0.717) is 18.1 Å². The minimum Gasteiger partial charge on any atom is -0.381 e. The molecule has 0 aromatic carbocycles. The molecule has 0 aliphatic carbocycles. The molecule has 1 aromatic rings. The second kappa shape index (κ2) is 4.71. The van der Waals surface area contributed by atoms with Gasteiger partial charge in [-0.25, -0.2) is 0 Å². The van der Waals surface area contributed by atoms with E-state index >= 15 is 0 Å². The van der Waals surface area contributed by atoms with Crippen LogP contribution in [-0.2, 0) is 4.74 Å². The number of rotatable bonds is 3. The molecule has 0 bridgehead atoms. The summed E-state index contributed by atoms with van der Waals surface area (Å²) in [6, 6.07) is 3.84. The zero-order chi connectivity index (χ0) is 9.80. The molecule has 1 aliphatic rings. The predicted octanol–water partition coefficient (Wildman–Crippen LogP) is 2.75. The van der Waals surface area contributed by atoms with E-state index in [1.807, 2.05) is 17.5 Å². The van der Waals surface area contributed by atoms with Gasteiger partial charge in [0.05, 0.1) is 4.88 Å². The second-order valence-electron chi connectivity index (χ2n) is 3.66. The standard InChI is InChI=1S/C11H14O2S/c12-10(11-2-1-7-14-11)8-9-3-5-13-6-4-9/h1-2,7,9H,3-6,8H2. The lowest BCUT2D eigenvalue weighted by atomic mass is 9.94. The molecule has 1 saturated heterocycles. The van der Waals surface area contributed by atoms with E-state index < -0.39 is 0 Å². The highest BCUT2D eigenvalue weighted by molar-refractivity contribution is 7.12. The molecule has 0 spiro atoms. The molecule has 14 heavy (non-hydrogen) atoms. The van der Waals surface area contributed by atoms with E-state index in [2.05, 4.69) is 0 Å². The maximum atomic E-state index is 11.7. The van der Waals surface area contributed by atoms with Crippen molar-refractivity contribution in [2.75, 3.05) is 13.2 Å². The Bertz CT molecular complexity index is 286. The SMILES string of the molecule is O=C(CC1CCOCC1)c1cccs1. The van der Waals surface area contributed by atoms with Crippen molar-refractivity contribution in [1.82, 2.24) is 0 Å². The van der Waals surface area contributed by atoms with Crippen molar-refractivity contribution in [3.05, 3.63) is 22.4 Å². The van der Waals surface area contributed by atoms with Crippen molar-refractivity contribution < 1.29 is 9.53 Å². The van der Waals surface area contributed by atoms with Gasteiger partial charge in [-0.05, 0) is 30.2 Å². The van der Waals surface area contributed by atoms with Crippen LogP contribution >= 0.6 is 11.3 Å². The highest BCUT2D eigenvalue weighted by Gasteiger charge is 2.18. The highest BCUT2D eigenvalue weighted by atomic mass is 32.1. The largest absolute Gasteiger partial charge is 0.381 e. The van der Waals surface area contributed by atoms with Crippen LogP contribution in [0.25, 0.3) is 0 Å². The first-order valence-corrected chi connectivity index (χ1v) is 5.88. The Morgan fingerprint density at radius 2 is 2.29 bits per heavy atom. The van der Waals surface area contributed by atoms with Crippen LogP contribution in [0.4, 0.5) is 0 Å². The van der Waals surface area contributed by atoms with Crippen LogP contribution in [0.15, 0.2) is 17.5 Å². The number of thiophene rings is 1. The van der Waals surface area contributed by atoms with Crippen LogP contribution < -0.4 is 0 Å². The minimum atomic E-state index is 0.298. The van der Waals surface area contributed by atoms with E-state index in [4.69, 9.17) is 4.74 Å². The van der Waals surface area contributed by atoms with E-state index in [1.54, 1.807) is 0 Å². The molecular weight excluding hydrogens is 196 g/mol. The fourth-order valence-electron chi connectivity index (χ4n) is 1.75. The van der Waals surface area contributed by atoms with Gasteiger partial charge in [-0.2, -0.15) is 0 Å². The molecule has 3 heteroatoms. The van der Waals surface area contributed by atoms with Crippen molar-refractivity contribution >= 4 is 17.1 Å². The highest BCUT2D eigenvalue weighted by Crippen LogP contribution is 2.22. The van der Waals surface area contributed by atoms with E-state index in [0.717, 1.165) is 30.9 Å². The molecule has 0 saturated carbocycles. The summed E-state index contributed by atoms with van der Waals surface area (Å²) >= 11 is 1.54. The summed E-state index contributed by atoms with van der Waals surface area (Å²) in [5, 5.41) is 1.96. The Kier molecular flexibility index (Phi) is 3.32. The Balaban J connectivity index is 1.87. The molecule has 76 valence electrons. The van der Waals surface area contributed by atoms with E-state index in [9.17, 15) is 4.79 Å². The van der Waals surface area contributed by atoms with Gasteiger partial charge in [0.1, 0.15) is 0 Å². The van der Waals surface area contributed by atoms with E-state index in [-0.39, 0.29) is 0 Å². The van der Waals surface area contributed by atoms with Crippen molar-refractivity contribution in [3.8, 4) is 0 Å². The molecule has 2 rings (SSSR count). The van der Waals surface area contributed by atoms with Gasteiger partial charge >= 0.3 is 0 Å². The molecule has 1 fully saturated rings. The Hall–Kier alpha value is -0.670. The number of Topliss-reactive ketones (excluding diaryl/α,β-unsaturated/α-hetero) is 1. The topological polar surface area (TPSA) is 26.3 Å². The summed E-state index contributed by atoms with van der Waals surface area (Å²) in [7, 11) is 0. The summed E-state index contributed by atoms with van der Waals surface area (Å²) < 4.78 is 5.26. The number of carbonyl (C=O) groups excluding carboxylic acids is 1. The van der Waals surface area contributed by atoms with Gasteiger partial charge in [0.25, 0.3) is 0 Å². The minimum absolute atomic E-state index is 0.298. The first kappa shape index (κ1) is 9.87. The van der Waals surface area contributed by atoms with Crippen molar-refractivity contribution in [1.29, 1.82) is 0 Å². The monoisotopic (exact) mass is 210 g/mol. The molecule has 0 N–H and O–H groups in total. The lowest BCUT2D eigenvalue weighted by molar-refractivity contribution is 0.0602. The average Bonchev–Trinajstić information content (AvgIpc) is 2.72. The lowest BCUT2D eigenvalue weighted by Gasteiger charge is -2.20. The third kappa shape index (κ3) is 2.42. The van der Waals surface area contributed by atoms with Gasteiger partial charge in [0.2, 0.25) is 0 Å². The number of hydrogen-bond acceptors (Lipinski definition) is 3. The molecule has 0 radical (unpaired) electrons.